The molecule has 0 fully saturated rings. The molecule has 1 unspecified atom stereocenters. The second-order valence-electron chi connectivity index (χ2n) is 3.95. The molecule has 0 aliphatic carbocycles. The number of rotatable bonds is 8. The molecule has 1 rings (SSSR count). The normalized spacial score (nSPS) is 11.8. The van der Waals surface area contributed by atoms with Crippen LogP contribution in [0.5, 0.6) is 0 Å². The number of aryl methyl sites for hydroxylation is 1. The number of hydrogen-bond donors (Lipinski definition) is 4. The Morgan fingerprint density at radius 1 is 1.32 bits per heavy atom. The van der Waals surface area contributed by atoms with E-state index in [0.717, 1.165) is 6.42 Å². The number of amides is 2. The summed E-state index contributed by atoms with van der Waals surface area (Å²) in [5.41, 5.74) is 0. The first-order valence-electron chi connectivity index (χ1n) is 5.99. The van der Waals surface area contributed by atoms with Crippen molar-refractivity contribution in [2.24, 2.45) is 0 Å². The molecule has 0 saturated carbocycles. The molecule has 1 aromatic heterocycles. The van der Waals surface area contributed by atoms with Gasteiger partial charge in [-0.3, -0.25) is 4.68 Å². The maximum absolute atomic E-state index is 11.3. The summed E-state index contributed by atoms with van der Waals surface area (Å²) in [5.74, 6) is -1.29. The Kier molecular flexibility index (Phi) is 6.37. The highest BCUT2D eigenvalue weighted by Gasteiger charge is 2.12. The molecule has 0 radical (unpaired) electrons. The molecular weight excluding hydrogens is 252 g/mol. The second-order valence-corrected chi connectivity index (χ2v) is 3.95. The van der Waals surface area contributed by atoms with Crippen molar-refractivity contribution in [1.82, 2.24) is 20.4 Å². The molecule has 1 aromatic rings. The highest BCUT2D eigenvalue weighted by Crippen LogP contribution is 1.90. The van der Waals surface area contributed by atoms with Gasteiger partial charge in [0.15, 0.2) is 6.10 Å². The summed E-state index contributed by atoms with van der Waals surface area (Å²) in [6.07, 6.45) is 2.81. The van der Waals surface area contributed by atoms with Gasteiger partial charge in [-0.25, -0.2) is 9.59 Å². The number of aliphatic carboxylic acids is 1. The number of carbonyl (C=O) groups excluding carboxylic acids is 1. The number of aliphatic hydroxyl groups is 1. The van der Waals surface area contributed by atoms with Gasteiger partial charge in [0, 0.05) is 38.4 Å². The van der Waals surface area contributed by atoms with E-state index in [1.165, 1.54) is 0 Å². The molecule has 2 amide bonds. The van der Waals surface area contributed by atoms with Crippen molar-refractivity contribution in [2.75, 3.05) is 13.1 Å². The van der Waals surface area contributed by atoms with Gasteiger partial charge >= 0.3 is 12.0 Å². The molecule has 4 N–H and O–H groups in total. The average Bonchev–Trinajstić information content (AvgIpc) is 2.87. The van der Waals surface area contributed by atoms with Crippen LogP contribution in [0.4, 0.5) is 4.79 Å². The fraction of sp³-hybridized carbons (Fsp3) is 0.545. The third kappa shape index (κ3) is 6.41. The number of nitrogens with one attached hydrogen (secondary N) is 2. The van der Waals surface area contributed by atoms with Crippen molar-refractivity contribution in [3.05, 3.63) is 18.5 Å². The van der Waals surface area contributed by atoms with Crippen LogP contribution in [0.2, 0.25) is 0 Å². The second kappa shape index (κ2) is 8.09. The van der Waals surface area contributed by atoms with E-state index in [1.807, 2.05) is 12.3 Å². The van der Waals surface area contributed by atoms with Crippen LogP contribution in [0.25, 0.3) is 0 Å². The van der Waals surface area contributed by atoms with Gasteiger partial charge in [-0.2, -0.15) is 5.10 Å². The fourth-order valence-corrected chi connectivity index (χ4v) is 1.38. The Hall–Kier alpha value is -2.09. The molecule has 19 heavy (non-hydrogen) atoms. The van der Waals surface area contributed by atoms with Gasteiger partial charge in [0.25, 0.3) is 0 Å². The van der Waals surface area contributed by atoms with E-state index in [1.54, 1.807) is 10.9 Å². The largest absolute Gasteiger partial charge is 0.479 e. The minimum absolute atomic E-state index is 0.0178. The Morgan fingerprint density at radius 2 is 2.05 bits per heavy atom. The number of hydrogen-bond acceptors (Lipinski definition) is 4. The lowest BCUT2D eigenvalue weighted by Crippen LogP contribution is -2.38. The number of urea groups is 1. The molecule has 0 spiro atoms. The molecule has 0 aliphatic heterocycles. The lowest BCUT2D eigenvalue weighted by atomic mass is 10.2. The number of aromatic nitrogens is 2. The Bertz CT molecular complexity index is 393. The van der Waals surface area contributed by atoms with Crippen LogP contribution in [-0.2, 0) is 11.3 Å². The van der Waals surface area contributed by atoms with E-state index < -0.39 is 12.1 Å². The molecule has 0 aromatic carbocycles. The van der Waals surface area contributed by atoms with Gasteiger partial charge in [-0.05, 0) is 12.5 Å². The maximum Gasteiger partial charge on any atom is 0.332 e. The van der Waals surface area contributed by atoms with Crippen molar-refractivity contribution in [3.8, 4) is 0 Å². The van der Waals surface area contributed by atoms with Crippen LogP contribution < -0.4 is 10.6 Å². The first-order valence-corrected chi connectivity index (χ1v) is 5.99. The first-order chi connectivity index (χ1) is 9.09. The molecule has 0 aliphatic rings. The van der Waals surface area contributed by atoms with Crippen LogP contribution in [0.3, 0.4) is 0 Å². The zero-order chi connectivity index (χ0) is 14.1. The highest BCUT2D eigenvalue weighted by molar-refractivity contribution is 5.74. The third-order valence-corrected chi connectivity index (χ3v) is 2.40. The number of carbonyl (C=O) groups is 2. The van der Waals surface area contributed by atoms with Gasteiger partial charge < -0.3 is 20.8 Å². The minimum atomic E-state index is -1.44. The molecular formula is C11H18N4O4. The molecule has 0 saturated heterocycles. The van der Waals surface area contributed by atoms with Crippen molar-refractivity contribution in [1.29, 1.82) is 0 Å². The Morgan fingerprint density at radius 3 is 2.68 bits per heavy atom. The summed E-state index contributed by atoms with van der Waals surface area (Å²) in [6, 6.07) is 1.45. The molecule has 106 valence electrons. The summed E-state index contributed by atoms with van der Waals surface area (Å²) < 4.78 is 1.77. The van der Waals surface area contributed by atoms with E-state index in [9.17, 15) is 9.59 Å². The third-order valence-electron chi connectivity index (χ3n) is 2.40. The molecule has 0 bridgehead atoms. The standard InChI is InChI=1S/C11H18N4O4/c16-9(10(17)18)3-6-13-11(19)12-4-1-7-15-8-2-5-14-15/h2,5,8-9,16H,1,3-4,6-7H2,(H,17,18)(H2,12,13,19). The Labute approximate surface area is 110 Å². The van der Waals surface area contributed by atoms with Crippen LogP contribution in [0.15, 0.2) is 18.5 Å². The molecule has 1 atom stereocenters. The average molecular weight is 270 g/mol. The molecule has 1 heterocycles. The van der Waals surface area contributed by atoms with Crippen LogP contribution in [0.1, 0.15) is 12.8 Å². The summed E-state index contributed by atoms with van der Waals surface area (Å²) in [6.45, 7) is 1.32. The maximum atomic E-state index is 11.3. The van der Waals surface area contributed by atoms with Crippen molar-refractivity contribution >= 4 is 12.0 Å². The lowest BCUT2D eigenvalue weighted by Gasteiger charge is -2.09. The van der Waals surface area contributed by atoms with E-state index in [0.29, 0.717) is 13.1 Å². The quantitative estimate of drug-likeness (QED) is 0.471. The monoisotopic (exact) mass is 270 g/mol. The van der Waals surface area contributed by atoms with E-state index >= 15 is 0 Å². The van der Waals surface area contributed by atoms with Gasteiger partial charge in [0.2, 0.25) is 0 Å². The van der Waals surface area contributed by atoms with Gasteiger partial charge in [0.1, 0.15) is 0 Å². The summed E-state index contributed by atoms with van der Waals surface area (Å²) in [7, 11) is 0. The predicted molar refractivity (Wildman–Crippen MR) is 66.5 cm³/mol. The van der Waals surface area contributed by atoms with E-state index in [-0.39, 0.29) is 19.0 Å². The Balaban J connectivity index is 2.00. The van der Waals surface area contributed by atoms with Crippen molar-refractivity contribution in [3.63, 3.8) is 0 Å². The van der Waals surface area contributed by atoms with Gasteiger partial charge in [-0.1, -0.05) is 0 Å². The molecule has 8 heteroatoms. The highest BCUT2D eigenvalue weighted by atomic mass is 16.4. The van der Waals surface area contributed by atoms with Crippen molar-refractivity contribution in [2.45, 2.75) is 25.5 Å². The smallest absolute Gasteiger partial charge is 0.332 e. The van der Waals surface area contributed by atoms with Crippen LogP contribution in [0, 0.1) is 0 Å². The number of aliphatic hydroxyl groups excluding tert-OH is 1. The lowest BCUT2D eigenvalue weighted by molar-refractivity contribution is -0.146. The zero-order valence-electron chi connectivity index (χ0n) is 10.5. The number of carboxylic acid groups (broad SMARTS) is 1. The van der Waals surface area contributed by atoms with E-state index in [4.69, 9.17) is 10.2 Å². The molecule has 8 nitrogen and oxygen atoms in total. The number of carboxylic acids is 1. The van der Waals surface area contributed by atoms with Crippen LogP contribution >= 0.6 is 0 Å². The van der Waals surface area contributed by atoms with Crippen molar-refractivity contribution < 1.29 is 19.8 Å². The zero-order valence-corrected chi connectivity index (χ0v) is 10.5. The summed E-state index contributed by atoms with van der Waals surface area (Å²) >= 11 is 0. The van der Waals surface area contributed by atoms with Gasteiger partial charge in [-0.15, -0.1) is 0 Å². The first kappa shape index (κ1) is 15.0. The predicted octanol–water partition coefficient (Wildman–Crippen LogP) is -0.592. The van der Waals surface area contributed by atoms with Gasteiger partial charge in [0.05, 0.1) is 0 Å². The topological polar surface area (TPSA) is 116 Å². The minimum Gasteiger partial charge on any atom is -0.479 e. The summed E-state index contributed by atoms with van der Waals surface area (Å²) in [4.78, 5) is 21.6. The SMILES string of the molecule is O=C(NCCCn1cccn1)NCCC(O)C(=O)O. The number of nitrogens with zero attached hydrogens (tertiary/aromatic N) is 2. The fourth-order valence-electron chi connectivity index (χ4n) is 1.38. The van der Waals surface area contributed by atoms with E-state index in [2.05, 4.69) is 15.7 Å². The van der Waals surface area contributed by atoms with Crippen LogP contribution in [-0.4, -0.2) is 51.2 Å². The summed E-state index contributed by atoms with van der Waals surface area (Å²) in [5, 5.41) is 26.5.